The summed E-state index contributed by atoms with van der Waals surface area (Å²) >= 11 is 0. The van der Waals surface area contributed by atoms with Gasteiger partial charge in [-0.1, -0.05) is 48.5 Å². The van der Waals surface area contributed by atoms with Crippen molar-refractivity contribution in [3.05, 3.63) is 83.2 Å². The molecule has 4 rings (SSSR count). The molecular weight excluding hydrogens is 374 g/mol. The Morgan fingerprint density at radius 1 is 1.07 bits per heavy atom. The Hall–Kier alpha value is -3.08. The summed E-state index contributed by atoms with van der Waals surface area (Å²) in [4.78, 5) is 15.3. The topological polar surface area (TPSA) is 47.4 Å². The summed E-state index contributed by atoms with van der Waals surface area (Å²) in [6, 6.07) is 20.1. The summed E-state index contributed by atoms with van der Waals surface area (Å²) in [5.74, 6) is 1.33. The van der Waals surface area contributed by atoms with Crippen LogP contribution in [0.25, 0.3) is 0 Å². The molecule has 0 N–H and O–H groups in total. The minimum atomic E-state index is 0.0914. The minimum absolute atomic E-state index is 0.0914. The third-order valence-electron chi connectivity index (χ3n) is 5.81. The number of para-hydroxylation sites is 1. The van der Waals surface area contributed by atoms with E-state index in [1.807, 2.05) is 72.0 Å². The van der Waals surface area contributed by atoms with Crippen molar-refractivity contribution in [1.29, 1.82) is 0 Å². The first kappa shape index (κ1) is 20.2. The van der Waals surface area contributed by atoms with Crippen molar-refractivity contribution < 1.29 is 9.53 Å². The lowest BCUT2D eigenvalue weighted by Crippen LogP contribution is -2.42. The number of piperidine rings is 1. The van der Waals surface area contributed by atoms with Gasteiger partial charge in [0.2, 0.25) is 0 Å². The Morgan fingerprint density at radius 3 is 2.50 bits per heavy atom. The summed E-state index contributed by atoms with van der Waals surface area (Å²) in [5.41, 5.74) is 3.66. The smallest absolute Gasteiger partial charge is 0.257 e. The van der Waals surface area contributed by atoms with Crippen LogP contribution in [-0.2, 0) is 6.54 Å². The van der Waals surface area contributed by atoms with Gasteiger partial charge in [-0.25, -0.2) is 0 Å². The number of rotatable bonds is 6. The molecule has 2 aromatic carbocycles. The molecule has 1 saturated heterocycles. The number of carbonyl (C=O) groups excluding carboxylic acids is 1. The van der Waals surface area contributed by atoms with Crippen LogP contribution in [0.1, 0.15) is 40.2 Å². The van der Waals surface area contributed by atoms with E-state index in [1.165, 1.54) is 5.56 Å². The first-order valence-electron chi connectivity index (χ1n) is 10.7. The molecule has 1 aliphatic rings. The highest BCUT2D eigenvalue weighted by atomic mass is 16.5. The SMILES string of the molecule is Cc1nn(Cc2ccccc2)c(C)c1C(=O)N1CCCC(COc2ccccc2)C1. The van der Waals surface area contributed by atoms with Crippen LogP contribution in [0, 0.1) is 19.8 Å². The van der Waals surface area contributed by atoms with E-state index in [2.05, 4.69) is 17.2 Å². The molecule has 0 aliphatic carbocycles. The number of hydrogen-bond acceptors (Lipinski definition) is 3. The molecule has 1 aliphatic heterocycles. The van der Waals surface area contributed by atoms with Crippen molar-refractivity contribution in [3.63, 3.8) is 0 Å². The second-order valence-corrected chi connectivity index (χ2v) is 8.07. The normalized spacial score (nSPS) is 16.5. The molecule has 0 spiro atoms. The van der Waals surface area contributed by atoms with Crippen molar-refractivity contribution in [2.45, 2.75) is 33.2 Å². The third kappa shape index (κ3) is 4.56. The maximum Gasteiger partial charge on any atom is 0.257 e. The number of amides is 1. The van der Waals surface area contributed by atoms with Crippen LogP contribution < -0.4 is 4.74 Å². The van der Waals surface area contributed by atoms with Gasteiger partial charge in [-0.3, -0.25) is 9.48 Å². The molecule has 3 aromatic rings. The van der Waals surface area contributed by atoms with Gasteiger partial charge < -0.3 is 9.64 Å². The van der Waals surface area contributed by atoms with E-state index in [4.69, 9.17) is 4.74 Å². The van der Waals surface area contributed by atoms with E-state index in [0.29, 0.717) is 19.1 Å². The number of nitrogens with zero attached hydrogens (tertiary/aromatic N) is 3. The molecule has 0 saturated carbocycles. The number of benzene rings is 2. The Balaban J connectivity index is 1.43. The number of likely N-dealkylation sites (tertiary alicyclic amines) is 1. The van der Waals surface area contributed by atoms with E-state index < -0.39 is 0 Å². The molecule has 0 radical (unpaired) electrons. The van der Waals surface area contributed by atoms with E-state index in [-0.39, 0.29) is 5.91 Å². The van der Waals surface area contributed by atoms with Crippen LogP contribution in [-0.4, -0.2) is 40.3 Å². The minimum Gasteiger partial charge on any atom is -0.493 e. The zero-order valence-corrected chi connectivity index (χ0v) is 17.8. The lowest BCUT2D eigenvalue weighted by molar-refractivity contribution is 0.0632. The third-order valence-corrected chi connectivity index (χ3v) is 5.81. The van der Waals surface area contributed by atoms with Gasteiger partial charge in [0, 0.05) is 24.7 Å². The molecule has 30 heavy (non-hydrogen) atoms. The summed E-state index contributed by atoms with van der Waals surface area (Å²) in [6.07, 6.45) is 2.09. The van der Waals surface area contributed by atoms with Crippen LogP contribution in [0.3, 0.4) is 0 Å². The average Bonchev–Trinajstić information content (AvgIpc) is 3.06. The molecule has 1 unspecified atom stereocenters. The molecule has 5 nitrogen and oxygen atoms in total. The highest BCUT2D eigenvalue weighted by molar-refractivity contribution is 5.96. The van der Waals surface area contributed by atoms with Gasteiger partial charge in [-0.05, 0) is 44.4 Å². The fourth-order valence-electron chi connectivity index (χ4n) is 4.19. The van der Waals surface area contributed by atoms with Gasteiger partial charge in [0.1, 0.15) is 5.75 Å². The number of aryl methyl sites for hydroxylation is 1. The highest BCUT2D eigenvalue weighted by Gasteiger charge is 2.28. The quantitative estimate of drug-likeness (QED) is 0.610. The Kier molecular flexibility index (Phi) is 6.17. The molecule has 156 valence electrons. The molecule has 1 atom stereocenters. The van der Waals surface area contributed by atoms with Gasteiger partial charge in [0.05, 0.1) is 24.4 Å². The predicted octanol–water partition coefficient (Wildman–Crippen LogP) is 4.48. The van der Waals surface area contributed by atoms with Gasteiger partial charge in [0.25, 0.3) is 5.91 Å². The average molecular weight is 404 g/mol. The van der Waals surface area contributed by atoms with E-state index in [1.54, 1.807) is 0 Å². The Labute approximate surface area is 178 Å². The van der Waals surface area contributed by atoms with Crippen molar-refractivity contribution in [1.82, 2.24) is 14.7 Å². The maximum atomic E-state index is 13.4. The summed E-state index contributed by atoms with van der Waals surface area (Å²) in [7, 11) is 0. The van der Waals surface area contributed by atoms with Gasteiger partial charge >= 0.3 is 0 Å². The van der Waals surface area contributed by atoms with Crippen molar-refractivity contribution in [2.75, 3.05) is 19.7 Å². The number of carbonyl (C=O) groups is 1. The zero-order chi connectivity index (χ0) is 20.9. The van der Waals surface area contributed by atoms with E-state index in [0.717, 1.165) is 48.6 Å². The molecule has 2 heterocycles. The second kappa shape index (κ2) is 9.16. The highest BCUT2D eigenvalue weighted by Crippen LogP contribution is 2.23. The number of hydrogen-bond donors (Lipinski definition) is 0. The van der Waals surface area contributed by atoms with Gasteiger partial charge in [-0.15, -0.1) is 0 Å². The lowest BCUT2D eigenvalue weighted by Gasteiger charge is -2.32. The first-order chi connectivity index (χ1) is 14.6. The van der Waals surface area contributed by atoms with Gasteiger partial charge in [-0.2, -0.15) is 5.10 Å². The Bertz CT molecular complexity index is 982. The molecule has 1 fully saturated rings. The standard InChI is InChI=1S/C25H29N3O2/c1-19-24(20(2)28(26-19)17-21-10-5-3-6-11-21)25(29)27-15-9-12-22(16-27)18-30-23-13-7-4-8-14-23/h3-8,10-11,13-14,22H,9,12,15-18H2,1-2H3. The monoisotopic (exact) mass is 403 g/mol. The summed E-state index contributed by atoms with van der Waals surface area (Å²) in [5, 5.41) is 4.66. The molecule has 1 aromatic heterocycles. The molecule has 5 heteroatoms. The van der Waals surface area contributed by atoms with Gasteiger partial charge in [0.15, 0.2) is 0 Å². The number of aromatic nitrogens is 2. The fraction of sp³-hybridized carbons (Fsp3) is 0.360. The predicted molar refractivity (Wildman–Crippen MR) is 118 cm³/mol. The molecule has 1 amide bonds. The van der Waals surface area contributed by atoms with Crippen LogP contribution in [0.15, 0.2) is 60.7 Å². The van der Waals surface area contributed by atoms with Crippen LogP contribution in [0.5, 0.6) is 5.75 Å². The molecular formula is C25H29N3O2. The van der Waals surface area contributed by atoms with Crippen molar-refractivity contribution in [2.24, 2.45) is 5.92 Å². The first-order valence-corrected chi connectivity index (χ1v) is 10.7. The van der Waals surface area contributed by atoms with Crippen molar-refractivity contribution >= 4 is 5.91 Å². The van der Waals surface area contributed by atoms with Crippen LogP contribution in [0.4, 0.5) is 0 Å². The Morgan fingerprint density at radius 2 is 1.77 bits per heavy atom. The second-order valence-electron chi connectivity index (χ2n) is 8.07. The lowest BCUT2D eigenvalue weighted by atomic mass is 9.98. The summed E-state index contributed by atoms with van der Waals surface area (Å²) < 4.78 is 7.89. The zero-order valence-electron chi connectivity index (χ0n) is 17.8. The number of ether oxygens (including phenoxy) is 1. The van der Waals surface area contributed by atoms with Crippen LogP contribution >= 0.6 is 0 Å². The molecule has 0 bridgehead atoms. The summed E-state index contributed by atoms with van der Waals surface area (Å²) in [6.45, 7) is 6.77. The van der Waals surface area contributed by atoms with E-state index >= 15 is 0 Å². The maximum absolute atomic E-state index is 13.4. The van der Waals surface area contributed by atoms with Crippen molar-refractivity contribution in [3.8, 4) is 5.75 Å². The largest absolute Gasteiger partial charge is 0.493 e. The fourth-order valence-corrected chi connectivity index (χ4v) is 4.19. The van der Waals surface area contributed by atoms with Crippen LogP contribution in [0.2, 0.25) is 0 Å². The van der Waals surface area contributed by atoms with E-state index in [9.17, 15) is 4.79 Å².